The first-order valence-corrected chi connectivity index (χ1v) is 6.09. The lowest BCUT2D eigenvalue weighted by Crippen LogP contribution is -2.29. The van der Waals surface area contributed by atoms with Gasteiger partial charge >= 0.3 is 0 Å². The molecular formula is C12H28Cl2N2. The van der Waals surface area contributed by atoms with Gasteiger partial charge in [-0.1, -0.05) is 26.7 Å². The average Bonchev–Trinajstić information content (AvgIpc) is 2.16. The number of rotatable bonds is 2. The van der Waals surface area contributed by atoms with Crippen LogP contribution in [0.2, 0.25) is 0 Å². The molecule has 2 saturated carbocycles. The van der Waals surface area contributed by atoms with E-state index in [1.165, 1.54) is 25.7 Å². The van der Waals surface area contributed by atoms with Crippen LogP contribution >= 0.6 is 24.8 Å². The molecule has 2 rings (SSSR count). The molecule has 16 heavy (non-hydrogen) atoms. The fourth-order valence-corrected chi connectivity index (χ4v) is 2.17. The van der Waals surface area contributed by atoms with Gasteiger partial charge in [-0.25, -0.2) is 0 Å². The van der Waals surface area contributed by atoms with Gasteiger partial charge in [-0.2, -0.15) is 0 Å². The highest BCUT2D eigenvalue weighted by molar-refractivity contribution is 5.85. The molecule has 0 radical (unpaired) electrons. The highest BCUT2D eigenvalue weighted by Crippen LogP contribution is 2.32. The molecule has 4 N–H and O–H groups in total. The van der Waals surface area contributed by atoms with Gasteiger partial charge in [-0.15, -0.1) is 24.8 Å². The highest BCUT2D eigenvalue weighted by atomic mass is 35.5. The molecule has 0 saturated heterocycles. The summed E-state index contributed by atoms with van der Waals surface area (Å²) in [5.41, 5.74) is 10.8. The highest BCUT2D eigenvalue weighted by Gasteiger charge is 2.24. The monoisotopic (exact) mass is 270 g/mol. The van der Waals surface area contributed by atoms with Crippen LogP contribution in [0.25, 0.3) is 0 Å². The average molecular weight is 271 g/mol. The maximum Gasteiger partial charge on any atom is -0.00463 e. The van der Waals surface area contributed by atoms with Gasteiger partial charge < -0.3 is 11.5 Å². The third kappa shape index (κ3) is 5.22. The molecule has 0 aliphatic heterocycles. The lowest BCUT2D eigenvalue weighted by atomic mass is 9.75. The van der Waals surface area contributed by atoms with Gasteiger partial charge in [0.1, 0.15) is 0 Å². The summed E-state index contributed by atoms with van der Waals surface area (Å²) in [7, 11) is 0. The third-order valence-electron chi connectivity index (χ3n) is 4.20. The van der Waals surface area contributed by atoms with Crippen LogP contribution in [0.3, 0.4) is 0 Å². The van der Waals surface area contributed by atoms with E-state index in [0.29, 0.717) is 0 Å². The number of hydrogen-bond acceptors (Lipinski definition) is 2. The van der Waals surface area contributed by atoms with Crippen molar-refractivity contribution in [3.8, 4) is 0 Å². The summed E-state index contributed by atoms with van der Waals surface area (Å²) in [5, 5.41) is 0. The lowest BCUT2D eigenvalue weighted by molar-refractivity contribution is 0.205. The van der Waals surface area contributed by atoms with Gasteiger partial charge in [0.15, 0.2) is 0 Å². The molecule has 0 heterocycles. The van der Waals surface area contributed by atoms with Crippen molar-refractivity contribution in [2.45, 2.75) is 39.5 Å². The Labute approximate surface area is 113 Å². The van der Waals surface area contributed by atoms with Gasteiger partial charge in [0.25, 0.3) is 0 Å². The van der Waals surface area contributed by atoms with E-state index in [0.717, 1.165) is 36.8 Å². The van der Waals surface area contributed by atoms with Crippen molar-refractivity contribution in [3.05, 3.63) is 0 Å². The summed E-state index contributed by atoms with van der Waals surface area (Å²) >= 11 is 0. The van der Waals surface area contributed by atoms with Crippen LogP contribution in [0.4, 0.5) is 0 Å². The Morgan fingerprint density at radius 2 is 1.06 bits per heavy atom. The molecule has 0 aromatic rings. The SMILES string of the molecule is C[C@@H]1CC[C@@H]1CN.C[C@H]1CC[C@H]1CN.Cl.Cl. The predicted molar refractivity (Wildman–Crippen MR) is 76.4 cm³/mol. The van der Waals surface area contributed by atoms with E-state index in [2.05, 4.69) is 13.8 Å². The minimum Gasteiger partial charge on any atom is -0.330 e. The van der Waals surface area contributed by atoms with Gasteiger partial charge in [-0.3, -0.25) is 0 Å². The van der Waals surface area contributed by atoms with E-state index in [1.54, 1.807) is 0 Å². The van der Waals surface area contributed by atoms with Crippen molar-refractivity contribution < 1.29 is 0 Å². The van der Waals surface area contributed by atoms with Crippen LogP contribution in [-0.4, -0.2) is 13.1 Å². The van der Waals surface area contributed by atoms with Crippen molar-refractivity contribution in [3.63, 3.8) is 0 Å². The molecule has 0 bridgehead atoms. The van der Waals surface area contributed by atoms with Crippen molar-refractivity contribution in [1.82, 2.24) is 0 Å². The summed E-state index contributed by atoms with van der Waals surface area (Å²) in [6.07, 6.45) is 5.55. The van der Waals surface area contributed by atoms with E-state index in [9.17, 15) is 0 Å². The van der Waals surface area contributed by atoms with E-state index < -0.39 is 0 Å². The molecule has 2 aliphatic carbocycles. The smallest absolute Gasteiger partial charge is 0.00463 e. The van der Waals surface area contributed by atoms with Gasteiger partial charge in [0.2, 0.25) is 0 Å². The normalized spacial score (nSPS) is 35.2. The van der Waals surface area contributed by atoms with Gasteiger partial charge in [-0.05, 0) is 49.6 Å². The van der Waals surface area contributed by atoms with Crippen LogP contribution in [-0.2, 0) is 0 Å². The molecule has 0 spiro atoms. The summed E-state index contributed by atoms with van der Waals surface area (Å²) in [6.45, 7) is 6.37. The Morgan fingerprint density at radius 1 is 0.750 bits per heavy atom. The van der Waals surface area contributed by atoms with Gasteiger partial charge in [0.05, 0.1) is 0 Å². The molecule has 4 atom stereocenters. The molecule has 100 valence electrons. The first-order valence-electron chi connectivity index (χ1n) is 6.09. The summed E-state index contributed by atoms with van der Waals surface area (Å²) in [5.74, 6) is 3.56. The van der Waals surface area contributed by atoms with Crippen LogP contribution in [0, 0.1) is 23.7 Å². The van der Waals surface area contributed by atoms with Crippen LogP contribution < -0.4 is 11.5 Å². The Hall–Kier alpha value is 0.500. The van der Waals surface area contributed by atoms with E-state index in [-0.39, 0.29) is 24.8 Å². The van der Waals surface area contributed by atoms with Crippen molar-refractivity contribution in [2.75, 3.05) is 13.1 Å². The molecule has 2 aliphatic rings. The fraction of sp³-hybridized carbons (Fsp3) is 1.00. The predicted octanol–water partition coefficient (Wildman–Crippen LogP) is 2.83. The first kappa shape index (κ1) is 18.9. The molecular weight excluding hydrogens is 243 g/mol. The number of hydrogen-bond donors (Lipinski definition) is 2. The Bertz CT molecular complexity index is 145. The standard InChI is InChI=1S/2C6H13N.2ClH/c2*1-5-2-3-6(5)4-7;;/h2*5-6H,2-4,7H2,1H3;2*1H/t2*5-,6-;;/m10../s1. The second-order valence-electron chi connectivity index (χ2n) is 5.10. The summed E-state index contributed by atoms with van der Waals surface area (Å²) < 4.78 is 0. The van der Waals surface area contributed by atoms with Crippen LogP contribution in [0.1, 0.15) is 39.5 Å². The molecule has 2 fully saturated rings. The summed E-state index contributed by atoms with van der Waals surface area (Å²) in [4.78, 5) is 0. The molecule has 0 unspecified atom stereocenters. The zero-order chi connectivity index (χ0) is 10.6. The maximum atomic E-state index is 5.42. The van der Waals surface area contributed by atoms with E-state index in [4.69, 9.17) is 11.5 Å². The minimum absolute atomic E-state index is 0. The quantitative estimate of drug-likeness (QED) is 0.811. The van der Waals surface area contributed by atoms with E-state index in [1.807, 2.05) is 0 Å². The van der Waals surface area contributed by atoms with Crippen molar-refractivity contribution >= 4 is 24.8 Å². The van der Waals surface area contributed by atoms with Crippen LogP contribution in [0.15, 0.2) is 0 Å². The molecule has 0 amide bonds. The number of halogens is 2. The largest absolute Gasteiger partial charge is 0.330 e. The molecule has 4 heteroatoms. The second-order valence-corrected chi connectivity index (χ2v) is 5.10. The lowest BCUT2D eigenvalue weighted by Gasteiger charge is -2.32. The zero-order valence-corrected chi connectivity index (χ0v) is 12.2. The first-order chi connectivity index (χ1) is 6.69. The Balaban J connectivity index is 0. The molecule has 2 nitrogen and oxygen atoms in total. The molecule has 0 aromatic heterocycles. The maximum absolute atomic E-state index is 5.42. The number of nitrogens with two attached hydrogens (primary N) is 2. The fourth-order valence-electron chi connectivity index (χ4n) is 2.17. The van der Waals surface area contributed by atoms with E-state index >= 15 is 0 Å². The Morgan fingerprint density at radius 3 is 1.06 bits per heavy atom. The topological polar surface area (TPSA) is 52.0 Å². The zero-order valence-electron chi connectivity index (χ0n) is 10.5. The van der Waals surface area contributed by atoms with Gasteiger partial charge in [0, 0.05) is 0 Å². The summed E-state index contributed by atoms with van der Waals surface area (Å²) in [6, 6.07) is 0. The second kappa shape index (κ2) is 9.52. The third-order valence-corrected chi connectivity index (χ3v) is 4.20. The Kier molecular flexibility index (Phi) is 11.2. The van der Waals surface area contributed by atoms with Crippen molar-refractivity contribution in [2.24, 2.45) is 35.1 Å². The minimum atomic E-state index is 0. The van der Waals surface area contributed by atoms with Crippen molar-refractivity contribution in [1.29, 1.82) is 0 Å². The van der Waals surface area contributed by atoms with Crippen LogP contribution in [0.5, 0.6) is 0 Å². The molecule has 0 aromatic carbocycles.